The standard InChI is InChI=1S/C22H22ClN3O5/c1-13-24-17(14-6-5-7-15(8-14)29-2)10-22(28)26(13)12-21(27)25-18-9-16(23)19(30-3)11-20(18)31-4/h5-11H,12H2,1-4H3,(H,25,27). The van der Waals surface area contributed by atoms with Crippen LogP contribution in [0.1, 0.15) is 5.82 Å². The molecule has 2 aromatic carbocycles. The number of hydrogen-bond donors (Lipinski definition) is 1. The van der Waals surface area contributed by atoms with Gasteiger partial charge in [-0.3, -0.25) is 14.2 Å². The molecule has 1 N–H and O–H groups in total. The van der Waals surface area contributed by atoms with Crippen LogP contribution in [0.25, 0.3) is 11.3 Å². The van der Waals surface area contributed by atoms with Gasteiger partial charge in [-0.2, -0.15) is 0 Å². The second-order valence-electron chi connectivity index (χ2n) is 6.58. The Bertz CT molecular complexity index is 1180. The molecular formula is C22H22ClN3O5. The molecule has 1 amide bonds. The van der Waals surface area contributed by atoms with Gasteiger partial charge in [-0.15, -0.1) is 0 Å². The SMILES string of the molecule is COc1cccc(-c2cc(=O)n(CC(=O)Nc3cc(Cl)c(OC)cc3OC)c(C)n2)c1. The molecule has 0 saturated carbocycles. The van der Waals surface area contributed by atoms with Crippen LogP contribution in [0.3, 0.4) is 0 Å². The minimum atomic E-state index is -0.430. The molecule has 3 aromatic rings. The van der Waals surface area contributed by atoms with Crippen LogP contribution in [0.5, 0.6) is 17.2 Å². The van der Waals surface area contributed by atoms with E-state index in [1.165, 1.54) is 30.9 Å². The minimum Gasteiger partial charge on any atom is -0.497 e. The van der Waals surface area contributed by atoms with Crippen molar-refractivity contribution in [1.82, 2.24) is 9.55 Å². The molecule has 0 saturated heterocycles. The molecule has 0 spiro atoms. The zero-order chi connectivity index (χ0) is 22.5. The molecule has 31 heavy (non-hydrogen) atoms. The first kappa shape index (κ1) is 22.2. The van der Waals surface area contributed by atoms with E-state index < -0.39 is 5.91 Å². The van der Waals surface area contributed by atoms with Gasteiger partial charge in [0.05, 0.1) is 37.7 Å². The van der Waals surface area contributed by atoms with Crippen molar-refractivity contribution in [1.29, 1.82) is 0 Å². The van der Waals surface area contributed by atoms with Crippen molar-refractivity contribution in [2.75, 3.05) is 26.6 Å². The number of hydrogen-bond acceptors (Lipinski definition) is 6. The lowest BCUT2D eigenvalue weighted by molar-refractivity contribution is -0.116. The third-order valence-electron chi connectivity index (χ3n) is 4.61. The maximum absolute atomic E-state index is 12.7. The average Bonchev–Trinajstić information content (AvgIpc) is 2.76. The summed E-state index contributed by atoms with van der Waals surface area (Å²) in [5.74, 6) is 1.43. The first-order valence-corrected chi connectivity index (χ1v) is 9.68. The number of aromatic nitrogens is 2. The quantitative estimate of drug-likeness (QED) is 0.600. The van der Waals surface area contributed by atoms with E-state index in [1.54, 1.807) is 26.2 Å². The highest BCUT2D eigenvalue weighted by atomic mass is 35.5. The van der Waals surface area contributed by atoms with Gasteiger partial charge in [0.15, 0.2) is 0 Å². The highest BCUT2D eigenvalue weighted by molar-refractivity contribution is 6.32. The van der Waals surface area contributed by atoms with Crippen molar-refractivity contribution in [3.05, 3.63) is 63.7 Å². The van der Waals surface area contributed by atoms with Crippen molar-refractivity contribution in [2.45, 2.75) is 13.5 Å². The Morgan fingerprint density at radius 3 is 2.45 bits per heavy atom. The summed E-state index contributed by atoms with van der Waals surface area (Å²) in [6, 6.07) is 11.7. The zero-order valence-electron chi connectivity index (χ0n) is 17.6. The lowest BCUT2D eigenvalue weighted by atomic mass is 10.1. The van der Waals surface area contributed by atoms with Crippen LogP contribution in [0, 0.1) is 6.92 Å². The van der Waals surface area contributed by atoms with E-state index in [4.69, 9.17) is 25.8 Å². The van der Waals surface area contributed by atoms with Gasteiger partial charge in [0, 0.05) is 17.7 Å². The molecule has 0 radical (unpaired) electrons. The highest BCUT2D eigenvalue weighted by Crippen LogP contribution is 2.35. The predicted octanol–water partition coefficient (Wildman–Crippen LogP) is 3.54. The summed E-state index contributed by atoms with van der Waals surface area (Å²) in [5, 5.41) is 3.03. The van der Waals surface area contributed by atoms with E-state index in [0.717, 1.165) is 5.56 Å². The van der Waals surface area contributed by atoms with Crippen LogP contribution in [0.2, 0.25) is 5.02 Å². The van der Waals surface area contributed by atoms with Crippen molar-refractivity contribution in [3.63, 3.8) is 0 Å². The molecule has 162 valence electrons. The summed E-state index contributed by atoms with van der Waals surface area (Å²) < 4.78 is 16.9. The number of carbonyl (C=O) groups excluding carboxylic acids is 1. The fourth-order valence-electron chi connectivity index (χ4n) is 3.03. The molecule has 0 aliphatic carbocycles. The Kier molecular flexibility index (Phi) is 6.81. The summed E-state index contributed by atoms with van der Waals surface area (Å²) in [6.45, 7) is 1.45. The lowest BCUT2D eigenvalue weighted by Gasteiger charge is -2.14. The number of aryl methyl sites for hydroxylation is 1. The Morgan fingerprint density at radius 2 is 1.81 bits per heavy atom. The second-order valence-corrected chi connectivity index (χ2v) is 6.99. The van der Waals surface area contributed by atoms with E-state index in [0.29, 0.717) is 39.5 Å². The van der Waals surface area contributed by atoms with Crippen LogP contribution in [0.15, 0.2) is 47.3 Å². The summed E-state index contributed by atoms with van der Waals surface area (Å²) in [4.78, 5) is 29.8. The number of methoxy groups -OCH3 is 3. The fourth-order valence-corrected chi connectivity index (χ4v) is 3.28. The number of nitrogens with zero attached hydrogens (tertiary/aromatic N) is 2. The number of benzene rings is 2. The fraction of sp³-hybridized carbons (Fsp3) is 0.227. The smallest absolute Gasteiger partial charge is 0.254 e. The van der Waals surface area contributed by atoms with Crippen LogP contribution < -0.4 is 25.1 Å². The van der Waals surface area contributed by atoms with Crippen molar-refractivity contribution >= 4 is 23.2 Å². The molecule has 1 aromatic heterocycles. The van der Waals surface area contributed by atoms with E-state index in [-0.39, 0.29) is 12.1 Å². The van der Waals surface area contributed by atoms with Crippen molar-refractivity contribution < 1.29 is 19.0 Å². The molecule has 0 atom stereocenters. The number of halogens is 1. The zero-order valence-corrected chi connectivity index (χ0v) is 18.3. The largest absolute Gasteiger partial charge is 0.497 e. The molecule has 0 aliphatic heterocycles. The van der Waals surface area contributed by atoms with Gasteiger partial charge in [0.1, 0.15) is 29.6 Å². The molecular weight excluding hydrogens is 422 g/mol. The van der Waals surface area contributed by atoms with Gasteiger partial charge in [-0.25, -0.2) is 4.98 Å². The Balaban J connectivity index is 1.84. The summed E-state index contributed by atoms with van der Waals surface area (Å²) in [5.41, 5.74) is 1.26. The molecule has 9 heteroatoms. The van der Waals surface area contributed by atoms with Crippen molar-refractivity contribution in [3.8, 4) is 28.5 Å². The molecule has 3 rings (SSSR count). The van der Waals surface area contributed by atoms with Crippen LogP contribution in [0.4, 0.5) is 5.69 Å². The normalized spacial score (nSPS) is 10.5. The summed E-state index contributed by atoms with van der Waals surface area (Å²) >= 11 is 6.14. The Hall–Kier alpha value is -3.52. The predicted molar refractivity (Wildman–Crippen MR) is 118 cm³/mol. The molecule has 0 bridgehead atoms. The Labute approximate surface area is 184 Å². The number of amides is 1. The minimum absolute atomic E-state index is 0.219. The van der Waals surface area contributed by atoms with Crippen LogP contribution in [-0.4, -0.2) is 36.8 Å². The monoisotopic (exact) mass is 443 g/mol. The highest BCUT2D eigenvalue weighted by Gasteiger charge is 2.15. The van der Waals surface area contributed by atoms with Gasteiger partial charge in [-0.05, 0) is 25.1 Å². The maximum atomic E-state index is 12.7. The number of ether oxygens (including phenoxy) is 3. The molecule has 0 aliphatic rings. The lowest BCUT2D eigenvalue weighted by Crippen LogP contribution is -2.30. The second kappa shape index (κ2) is 9.53. The summed E-state index contributed by atoms with van der Waals surface area (Å²) in [6.07, 6.45) is 0. The van der Waals surface area contributed by atoms with E-state index in [9.17, 15) is 9.59 Å². The molecule has 0 unspecified atom stereocenters. The molecule has 1 heterocycles. The van der Waals surface area contributed by atoms with E-state index in [1.807, 2.05) is 18.2 Å². The first-order valence-electron chi connectivity index (χ1n) is 9.30. The van der Waals surface area contributed by atoms with E-state index in [2.05, 4.69) is 10.3 Å². The van der Waals surface area contributed by atoms with Gasteiger partial charge < -0.3 is 19.5 Å². The summed E-state index contributed by atoms with van der Waals surface area (Å²) in [7, 11) is 4.52. The van der Waals surface area contributed by atoms with Gasteiger partial charge in [0.2, 0.25) is 5.91 Å². The number of rotatable bonds is 7. The van der Waals surface area contributed by atoms with Gasteiger partial charge in [-0.1, -0.05) is 23.7 Å². The van der Waals surface area contributed by atoms with Gasteiger partial charge in [0.25, 0.3) is 5.56 Å². The van der Waals surface area contributed by atoms with E-state index >= 15 is 0 Å². The number of anilines is 1. The third-order valence-corrected chi connectivity index (χ3v) is 4.91. The third kappa shape index (κ3) is 4.97. The van der Waals surface area contributed by atoms with Gasteiger partial charge >= 0.3 is 0 Å². The first-order chi connectivity index (χ1) is 14.9. The van der Waals surface area contributed by atoms with Crippen LogP contribution in [-0.2, 0) is 11.3 Å². The number of nitrogens with one attached hydrogen (secondary N) is 1. The number of carbonyl (C=O) groups is 1. The maximum Gasteiger partial charge on any atom is 0.254 e. The van der Waals surface area contributed by atoms with Crippen molar-refractivity contribution in [2.24, 2.45) is 0 Å². The van der Waals surface area contributed by atoms with Crippen LogP contribution >= 0.6 is 11.6 Å². The molecule has 0 fully saturated rings. The topological polar surface area (TPSA) is 91.7 Å². The Morgan fingerprint density at radius 1 is 1.06 bits per heavy atom. The average molecular weight is 444 g/mol. The molecule has 8 nitrogen and oxygen atoms in total.